The van der Waals surface area contributed by atoms with E-state index in [2.05, 4.69) is 24.3 Å². The summed E-state index contributed by atoms with van der Waals surface area (Å²) in [6.07, 6.45) is 0. The Balaban J connectivity index is 1.23. The first-order valence-electron chi connectivity index (χ1n) is 22.3. The second-order valence-electron chi connectivity index (χ2n) is 13.0. The van der Waals surface area contributed by atoms with E-state index in [1.807, 2.05) is 109 Å². The van der Waals surface area contributed by atoms with Gasteiger partial charge in [0.1, 0.15) is 0 Å². The molecule has 0 fully saturated rings. The van der Waals surface area contributed by atoms with E-state index in [4.69, 9.17) is 24.5 Å². The van der Waals surface area contributed by atoms with Gasteiger partial charge >= 0.3 is 0 Å². The van der Waals surface area contributed by atoms with Crippen LogP contribution in [-0.2, 0) is 0 Å². The molecular formula is C51H34N4. The molecule has 258 valence electrons. The molecule has 0 bridgehead atoms. The minimum absolute atomic E-state index is 0.0499. The molecule has 0 aliphatic heterocycles. The molecule has 10 aromatic rings. The van der Waals surface area contributed by atoms with E-state index in [9.17, 15) is 2.74 Å². The first-order valence-corrected chi connectivity index (χ1v) is 17.8. The molecule has 2 aromatic heterocycles. The molecule has 0 radical (unpaired) electrons. The number of hydrogen-bond donors (Lipinski definition) is 0. The minimum atomic E-state index is -0.550. The monoisotopic (exact) mass is 711 g/mol. The van der Waals surface area contributed by atoms with E-state index in [0.717, 1.165) is 33.4 Å². The van der Waals surface area contributed by atoms with Gasteiger partial charge in [-0.15, -0.1) is 0 Å². The van der Waals surface area contributed by atoms with Crippen LogP contribution in [-0.4, -0.2) is 19.5 Å². The van der Waals surface area contributed by atoms with Gasteiger partial charge in [-0.2, -0.15) is 9.97 Å². The highest BCUT2D eigenvalue weighted by atomic mass is 15.2. The lowest BCUT2D eigenvalue weighted by molar-refractivity contribution is 0.953. The molecule has 10 rings (SSSR count). The van der Waals surface area contributed by atoms with Crippen molar-refractivity contribution in [1.82, 2.24) is 19.5 Å². The molecule has 0 saturated heterocycles. The van der Waals surface area contributed by atoms with Crippen molar-refractivity contribution >= 4 is 21.8 Å². The van der Waals surface area contributed by atoms with Crippen LogP contribution < -0.4 is 0 Å². The summed E-state index contributed by atoms with van der Waals surface area (Å²) in [5, 5.41) is 0.334. The smallest absolute Gasteiger partial charge is 0.238 e. The van der Waals surface area contributed by atoms with Crippen molar-refractivity contribution in [2.75, 3.05) is 0 Å². The zero-order valence-corrected chi connectivity index (χ0v) is 29.2. The number of nitrogens with zero attached hydrogens (tertiary/aromatic N) is 4. The van der Waals surface area contributed by atoms with Gasteiger partial charge < -0.3 is 0 Å². The Kier molecular flexibility index (Phi) is 6.04. The predicted octanol–water partition coefficient (Wildman–Crippen LogP) is 13.0. The number of hydrogen-bond acceptors (Lipinski definition) is 3. The Morgan fingerprint density at radius 2 is 0.836 bits per heavy atom. The molecule has 4 heteroatoms. The van der Waals surface area contributed by atoms with Gasteiger partial charge in [-0.05, 0) is 56.6 Å². The quantitative estimate of drug-likeness (QED) is 0.165. The molecule has 4 nitrogen and oxygen atoms in total. The van der Waals surface area contributed by atoms with Crippen molar-refractivity contribution < 1.29 is 12.3 Å². The lowest BCUT2D eigenvalue weighted by Crippen LogP contribution is -2.06. The van der Waals surface area contributed by atoms with Gasteiger partial charge in [0.15, 0.2) is 11.6 Å². The lowest BCUT2D eigenvalue weighted by Gasteiger charge is -2.13. The van der Waals surface area contributed by atoms with Crippen LogP contribution >= 0.6 is 0 Å². The van der Waals surface area contributed by atoms with Crippen LogP contribution in [0, 0.1) is 0 Å². The lowest BCUT2D eigenvalue weighted by atomic mass is 9.94. The summed E-state index contributed by atoms with van der Waals surface area (Å²) in [5.41, 5.74) is 8.03. The number of para-hydroxylation sites is 1. The van der Waals surface area contributed by atoms with Gasteiger partial charge in [-0.25, -0.2) is 4.98 Å². The van der Waals surface area contributed by atoms with Crippen LogP contribution in [0.4, 0.5) is 0 Å². The molecule has 8 aromatic carbocycles. The summed E-state index contributed by atoms with van der Waals surface area (Å²) in [6, 6.07) is 44.8. The molecule has 0 amide bonds. The fourth-order valence-corrected chi connectivity index (χ4v) is 7.13. The van der Waals surface area contributed by atoms with Crippen molar-refractivity contribution in [1.29, 1.82) is 0 Å². The van der Waals surface area contributed by atoms with Crippen molar-refractivity contribution in [3.63, 3.8) is 0 Å². The highest BCUT2D eigenvalue weighted by Gasteiger charge is 2.20. The minimum Gasteiger partial charge on any atom is -0.278 e. The third-order valence-corrected chi connectivity index (χ3v) is 9.73. The second-order valence-corrected chi connectivity index (χ2v) is 13.0. The average molecular weight is 712 g/mol. The molecule has 55 heavy (non-hydrogen) atoms. The Morgan fingerprint density at radius 3 is 1.49 bits per heavy atom. The van der Waals surface area contributed by atoms with Gasteiger partial charge in [-0.1, -0.05) is 194 Å². The molecule has 0 aliphatic carbocycles. The average Bonchev–Trinajstić information content (AvgIpc) is 3.71. The van der Waals surface area contributed by atoms with Gasteiger partial charge in [0.05, 0.1) is 23.4 Å². The maximum absolute atomic E-state index is 9.29. The number of rotatable bonds is 7. The van der Waals surface area contributed by atoms with Gasteiger partial charge in [0.2, 0.25) is 5.95 Å². The van der Waals surface area contributed by atoms with Crippen molar-refractivity contribution in [3.05, 3.63) is 206 Å². The summed E-state index contributed by atoms with van der Waals surface area (Å²) < 4.78 is 80.5. The maximum Gasteiger partial charge on any atom is 0.238 e. The van der Waals surface area contributed by atoms with E-state index in [-0.39, 0.29) is 45.4 Å². The summed E-state index contributed by atoms with van der Waals surface area (Å²) in [5.74, 6) is 0.650. The van der Waals surface area contributed by atoms with Gasteiger partial charge in [-0.3, -0.25) is 4.57 Å². The van der Waals surface area contributed by atoms with Crippen LogP contribution in [0.5, 0.6) is 0 Å². The largest absolute Gasteiger partial charge is 0.278 e. The second kappa shape index (κ2) is 13.8. The van der Waals surface area contributed by atoms with E-state index in [0.29, 0.717) is 28.3 Å². The summed E-state index contributed by atoms with van der Waals surface area (Å²) >= 11 is 0. The molecule has 0 unspecified atom stereocenters. The molecule has 0 saturated carbocycles. The Morgan fingerprint density at radius 1 is 0.345 bits per heavy atom. The topological polar surface area (TPSA) is 43.6 Å². The highest BCUT2D eigenvalue weighted by Crippen LogP contribution is 2.39. The van der Waals surface area contributed by atoms with E-state index in [1.165, 1.54) is 0 Å². The highest BCUT2D eigenvalue weighted by molar-refractivity contribution is 6.15. The fraction of sp³-hybridized carbons (Fsp3) is 0. The fourth-order valence-electron chi connectivity index (χ4n) is 7.13. The number of benzene rings is 8. The predicted molar refractivity (Wildman–Crippen MR) is 227 cm³/mol. The third kappa shape index (κ3) is 5.96. The molecule has 0 atom stereocenters. The molecule has 0 aliphatic rings. The Labute approximate surface area is 332 Å². The van der Waals surface area contributed by atoms with Crippen LogP contribution in [0.3, 0.4) is 0 Å². The zero-order chi connectivity index (χ0) is 44.4. The SMILES string of the molecule is [2H]c1c([2H])c([2H])c(-c2cccc3c2c2c([2H])c([2H])c([2H])c([2H])c2n3-c2nc(-c3ccc(-c4ccccc4)cc3)nc(-c3ccc(-c4ccccc4-c4ccccc4)cc3)n2)c([2H])c1[2H]. The van der Waals surface area contributed by atoms with Gasteiger partial charge in [0.25, 0.3) is 0 Å². The molecule has 0 spiro atoms. The van der Waals surface area contributed by atoms with Crippen LogP contribution in [0.25, 0.3) is 95.0 Å². The molecule has 0 N–H and O–H groups in total. The van der Waals surface area contributed by atoms with Crippen molar-refractivity contribution in [2.24, 2.45) is 0 Å². The van der Waals surface area contributed by atoms with E-state index in [1.54, 1.807) is 22.8 Å². The maximum atomic E-state index is 9.29. The zero-order valence-electron chi connectivity index (χ0n) is 38.2. The van der Waals surface area contributed by atoms with Crippen molar-refractivity contribution in [3.8, 4) is 73.2 Å². The summed E-state index contributed by atoms with van der Waals surface area (Å²) in [4.78, 5) is 15.1. The Bertz CT molecular complexity index is 3440. The summed E-state index contributed by atoms with van der Waals surface area (Å²) in [6.45, 7) is 0. The number of fused-ring (bicyclic) bond motifs is 3. The standard InChI is InChI=1S/C51H34N4/c1-4-15-35(16-5-1)36-27-31-40(32-28-36)49-52-50(41-33-29-39(30-34-41)43-22-11-10-21-42(43)37-17-6-2-7-18-37)54-51(53-49)55-46-25-13-12-23-45(46)48-44(24-14-26-47(48)55)38-19-8-3-9-20-38/h1-34H/i3D,8D,9D,12D,13D,19D,20D,23D,25D. The third-order valence-electron chi connectivity index (χ3n) is 9.73. The molecule has 2 heterocycles. The first-order chi connectivity index (χ1) is 31.0. The number of aromatic nitrogens is 4. The first kappa shape index (κ1) is 24.0. The van der Waals surface area contributed by atoms with Gasteiger partial charge in [0, 0.05) is 21.9 Å². The molecular weight excluding hydrogens is 669 g/mol. The van der Waals surface area contributed by atoms with E-state index < -0.39 is 42.3 Å². The van der Waals surface area contributed by atoms with Crippen LogP contribution in [0.2, 0.25) is 0 Å². The van der Waals surface area contributed by atoms with Crippen molar-refractivity contribution in [2.45, 2.75) is 0 Å². The Hall–Kier alpha value is -7.43. The summed E-state index contributed by atoms with van der Waals surface area (Å²) in [7, 11) is 0. The van der Waals surface area contributed by atoms with Crippen LogP contribution in [0.15, 0.2) is 206 Å². The normalized spacial score (nSPS) is 13.6. The van der Waals surface area contributed by atoms with E-state index >= 15 is 0 Å². The van der Waals surface area contributed by atoms with Crippen LogP contribution in [0.1, 0.15) is 12.3 Å².